The van der Waals surface area contributed by atoms with Crippen LogP contribution in [-0.4, -0.2) is 62.0 Å². The molecule has 3 aliphatic rings. The minimum absolute atomic E-state index is 0.0418. The first-order valence-electron chi connectivity index (χ1n) is 11.4. The number of fused-ring (bicyclic) bond motifs is 4. The Labute approximate surface area is 199 Å². The number of aromatic nitrogens is 3. The fraction of sp³-hybridized carbons (Fsp3) is 0.478. The molecule has 6 rings (SSSR count). The number of hydrogen-bond acceptors (Lipinski definition) is 7. The molecule has 2 aromatic heterocycles. The normalized spacial score (nSPS) is 21.7. The number of nitrogens with one attached hydrogen (secondary N) is 1. The fourth-order valence-electron chi connectivity index (χ4n) is 5.24. The van der Waals surface area contributed by atoms with Crippen molar-refractivity contribution >= 4 is 26.6 Å². The molecule has 1 aliphatic carbocycles. The molecule has 1 saturated heterocycles. The van der Waals surface area contributed by atoms with Gasteiger partial charge in [0.15, 0.2) is 27.2 Å². The molecule has 1 atom stereocenters. The van der Waals surface area contributed by atoms with Gasteiger partial charge < -0.3 is 19.4 Å². The number of morpholine rings is 1. The predicted octanol–water partition coefficient (Wildman–Crippen LogP) is 3.67. The highest BCUT2D eigenvalue weighted by molar-refractivity contribution is 7.91. The van der Waals surface area contributed by atoms with Gasteiger partial charge in [0.1, 0.15) is 17.0 Å². The van der Waals surface area contributed by atoms with E-state index in [4.69, 9.17) is 14.5 Å². The van der Waals surface area contributed by atoms with E-state index in [1.807, 2.05) is 4.90 Å². The van der Waals surface area contributed by atoms with E-state index in [2.05, 4.69) is 9.97 Å². The van der Waals surface area contributed by atoms with Crippen LogP contribution in [0, 0.1) is 0 Å². The highest BCUT2D eigenvalue weighted by atomic mass is 32.2. The Balaban J connectivity index is 1.64. The Kier molecular flexibility index (Phi) is 4.89. The van der Waals surface area contributed by atoms with Crippen LogP contribution in [0.3, 0.4) is 0 Å². The molecule has 35 heavy (non-hydrogen) atoms. The average molecular weight is 509 g/mol. The lowest BCUT2D eigenvalue weighted by atomic mass is 9.80. The molecule has 0 radical (unpaired) electrons. The summed E-state index contributed by atoms with van der Waals surface area (Å²) in [5.74, 6) is 0.745. The van der Waals surface area contributed by atoms with E-state index in [1.165, 1.54) is 6.26 Å². The predicted molar refractivity (Wildman–Crippen MR) is 122 cm³/mol. The number of anilines is 1. The van der Waals surface area contributed by atoms with Gasteiger partial charge in [0.2, 0.25) is 0 Å². The maximum atomic E-state index is 13.7. The molecule has 1 unspecified atom stereocenters. The van der Waals surface area contributed by atoms with E-state index in [0.29, 0.717) is 61.5 Å². The van der Waals surface area contributed by atoms with Crippen LogP contribution in [0.4, 0.5) is 19.0 Å². The molecule has 0 amide bonds. The van der Waals surface area contributed by atoms with Crippen LogP contribution in [0.1, 0.15) is 30.5 Å². The maximum Gasteiger partial charge on any atom is 0.416 e. The number of H-pyrrole nitrogens is 1. The van der Waals surface area contributed by atoms with Crippen molar-refractivity contribution in [3.63, 3.8) is 0 Å². The van der Waals surface area contributed by atoms with Gasteiger partial charge >= 0.3 is 6.18 Å². The third-order valence-corrected chi connectivity index (χ3v) is 9.33. The van der Waals surface area contributed by atoms with Gasteiger partial charge in [0.25, 0.3) is 0 Å². The van der Waals surface area contributed by atoms with Crippen LogP contribution < -0.4 is 9.64 Å². The standard InChI is InChI=1S/C23H23F3N4O4S/c1-35(31,32)22(4-2-5-22)19-18-21(30-7-8-33-11-14(30)12-34-18)29-20(28-19)16-9-13(23(24,25)26)10-17-15(16)3-6-27-17/h3,6,9-10,14,27H,2,4-5,7-8,11-12H2,1H3. The molecule has 1 aromatic carbocycles. The zero-order valence-corrected chi connectivity index (χ0v) is 19.7. The molecule has 0 bridgehead atoms. The van der Waals surface area contributed by atoms with Crippen LogP contribution in [0.25, 0.3) is 22.3 Å². The quantitative estimate of drug-likeness (QED) is 0.577. The van der Waals surface area contributed by atoms with Crippen molar-refractivity contribution < 1.29 is 31.1 Å². The van der Waals surface area contributed by atoms with Crippen LogP contribution in [0.15, 0.2) is 24.4 Å². The second-order valence-electron chi connectivity index (χ2n) is 9.36. The van der Waals surface area contributed by atoms with Gasteiger partial charge in [-0.15, -0.1) is 0 Å². The number of ether oxygens (including phenoxy) is 2. The van der Waals surface area contributed by atoms with Crippen LogP contribution in [0.2, 0.25) is 0 Å². The monoisotopic (exact) mass is 508 g/mol. The molecule has 3 aromatic rings. The molecule has 8 nitrogen and oxygen atoms in total. The highest BCUT2D eigenvalue weighted by Crippen LogP contribution is 2.53. The van der Waals surface area contributed by atoms with Gasteiger partial charge in [-0.05, 0) is 37.5 Å². The van der Waals surface area contributed by atoms with E-state index >= 15 is 0 Å². The van der Waals surface area contributed by atoms with E-state index in [0.717, 1.165) is 12.1 Å². The summed E-state index contributed by atoms with van der Waals surface area (Å²) < 4.78 is 77.5. The van der Waals surface area contributed by atoms with E-state index in [-0.39, 0.29) is 29.7 Å². The van der Waals surface area contributed by atoms with Crippen LogP contribution in [0.5, 0.6) is 5.75 Å². The van der Waals surface area contributed by atoms with Gasteiger partial charge in [-0.1, -0.05) is 0 Å². The molecular formula is C23H23F3N4O4S. The van der Waals surface area contributed by atoms with Crippen molar-refractivity contribution in [1.29, 1.82) is 0 Å². The largest absolute Gasteiger partial charge is 0.486 e. The number of sulfone groups is 1. The van der Waals surface area contributed by atoms with Crippen molar-refractivity contribution in [3.05, 3.63) is 35.7 Å². The molecule has 0 spiro atoms. The molecule has 2 fully saturated rings. The van der Waals surface area contributed by atoms with Crippen LogP contribution in [-0.2, 0) is 25.5 Å². The van der Waals surface area contributed by atoms with Crippen molar-refractivity contribution in [2.24, 2.45) is 0 Å². The zero-order chi connectivity index (χ0) is 24.6. The summed E-state index contributed by atoms with van der Waals surface area (Å²) in [4.78, 5) is 14.2. The third-order valence-electron chi connectivity index (χ3n) is 7.31. The Hall–Kier alpha value is -2.86. The summed E-state index contributed by atoms with van der Waals surface area (Å²) >= 11 is 0. The first kappa shape index (κ1) is 22.6. The van der Waals surface area contributed by atoms with Gasteiger partial charge in [-0.2, -0.15) is 13.2 Å². The molecule has 186 valence electrons. The second kappa shape index (κ2) is 7.57. The lowest BCUT2D eigenvalue weighted by Gasteiger charge is -2.44. The number of alkyl halides is 3. The number of aromatic amines is 1. The smallest absolute Gasteiger partial charge is 0.416 e. The van der Waals surface area contributed by atoms with Crippen LogP contribution >= 0.6 is 0 Å². The summed E-state index contributed by atoms with van der Waals surface area (Å²) in [5.41, 5.74) is -0.136. The second-order valence-corrected chi connectivity index (χ2v) is 11.7. The van der Waals surface area contributed by atoms with Gasteiger partial charge in [0, 0.05) is 35.5 Å². The summed E-state index contributed by atoms with van der Waals surface area (Å²) in [7, 11) is -3.61. The summed E-state index contributed by atoms with van der Waals surface area (Å²) in [6.45, 7) is 1.66. The molecule has 4 heterocycles. The number of hydrogen-bond donors (Lipinski definition) is 1. The fourth-order valence-corrected chi connectivity index (χ4v) is 6.76. The molecule has 1 saturated carbocycles. The Morgan fingerprint density at radius 2 is 2.00 bits per heavy atom. The molecular weight excluding hydrogens is 485 g/mol. The van der Waals surface area contributed by atoms with Gasteiger partial charge in [-0.25, -0.2) is 18.4 Å². The molecule has 2 aliphatic heterocycles. The van der Waals surface area contributed by atoms with Gasteiger partial charge in [0.05, 0.1) is 24.8 Å². The average Bonchev–Trinajstić information content (AvgIpc) is 3.24. The molecule has 1 N–H and O–H groups in total. The SMILES string of the molecule is CS(=O)(=O)C1(c2nc(-c3cc(C(F)(F)F)cc4[nH]ccc34)nc3c2OCC2COCCN32)CCC1. The highest BCUT2D eigenvalue weighted by Gasteiger charge is 2.53. The maximum absolute atomic E-state index is 13.7. The minimum atomic E-state index is -4.58. The number of nitrogens with zero attached hydrogens (tertiary/aromatic N) is 3. The lowest BCUT2D eigenvalue weighted by Crippen LogP contribution is -2.52. The number of benzene rings is 1. The lowest BCUT2D eigenvalue weighted by molar-refractivity contribution is -0.137. The Morgan fingerprint density at radius 3 is 2.69 bits per heavy atom. The van der Waals surface area contributed by atoms with Crippen molar-refractivity contribution in [2.45, 2.75) is 36.2 Å². The number of rotatable bonds is 3. The Bertz CT molecular complexity index is 1430. The van der Waals surface area contributed by atoms with E-state index < -0.39 is 26.3 Å². The minimum Gasteiger partial charge on any atom is -0.486 e. The van der Waals surface area contributed by atoms with Crippen molar-refractivity contribution in [2.75, 3.05) is 37.5 Å². The Morgan fingerprint density at radius 1 is 1.20 bits per heavy atom. The first-order chi connectivity index (χ1) is 16.6. The summed E-state index contributed by atoms with van der Waals surface area (Å²) in [6, 6.07) is 3.60. The topological polar surface area (TPSA) is 97.4 Å². The zero-order valence-electron chi connectivity index (χ0n) is 18.9. The first-order valence-corrected chi connectivity index (χ1v) is 13.3. The van der Waals surface area contributed by atoms with Gasteiger partial charge in [-0.3, -0.25) is 0 Å². The summed E-state index contributed by atoms with van der Waals surface area (Å²) in [5, 5.41) is 0.515. The van der Waals surface area contributed by atoms with E-state index in [9.17, 15) is 21.6 Å². The van der Waals surface area contributed by atoms with Crippen molar-refractivity contribution in [1.82, 2.24) is 15.0 Å². The molecule has 12 heteroatoms. The number of halogens is 3. The summed E-state index contributed by atoms with van der Waals surface area (Å²) in [6.07, 6.45) is -0.411. The van der Waals surface area contributed by atoms with E-state index in [1.54, 1.807) is 12.3 Å². The van der Waals surface area contributed by atoms with Crippen molar-refractivity contribution in [3.8, 4) is 17.1 Å². The third kappa shape index (κ3) is 3.40.